The quantitative estimate of drug-likeness (QED) is 0.335. The van der Waals surface area contributed by atoms with Crippen molar-refractivity contribution in [1.29, 1.82) is 0 Å². The number of aromatic nitrogens is 1. The van der Waals surface area contributed by atoms with Gasteiger partial charge in [0.1, 0.15) is 5.69 Å². The lowest BCUT2D eigenvalue weighted by Gasteiger charge is -2.12. The third kappa shape index (κ3) is 5.62. The molecule has 10 nitrogen and oxygen atoms in total. The summed E-state index contributed by atoms with van der Waals surface area (Å²) in [6, 6.07) is 11.3. The van der Waals surface area contributed by atoms with Gasteiger partial charge in [0.15, 0.2) is 11.5 Å². The Morgan fingerprint density at radius 3 is 2.21 bits per heavy atom. The number of rotatable bonds is 9. The number of carbonyl (C=O) groups is 3. The van der Waals surface area contributed by atoms with Gasteiger partial charge in [0.05, 0.1) is 14.2 Å². The lowest BCUT2D eigenvalue weighted by atomic mass is 9.98. The van der Waals surface area contributed by atoms with Gasteiger partial charge in [-0.3, -0.25) is 9.59 Å². The number of urea groups is 1. The zero-order valence-corrected chi connectivity index (χ0v) is 18.1. The maximum absolute atomic E-state index is 12.4. The molecule has 6 N–H and O–H groups in total. The molecule has 0 aliphatic heterocycles. The van der Waals surface area contributed by atoms with Crippen LogP contribution in [-0.2, 0) is 11.2 Å². The fraction of sp³-hybridized carbons (Fsp3) is 0.174. The van der Waals surface area contributed by atoms with E-state index < -0.39 is 17.9 Å². The molecule has 172 valence electrons. The van der Waals surface area contributed by atoms with Crippen molar-refractivity contribution >= 4 is 29.3 Å². The fourth-order valence-electron chi connectivity index (χ4n) is 3.35. The minimum absolute atomic E-state index is 0.0843. The van der Waals surface area contributed by atoms with Crippen LogP contribution < -0.4 is 25.8 Å². The number of anilines is 2. The van der Waals surface area contributed by atoms with E-state index in [4.69, 9.17) is 20.3 Å². The number of amides is 3. The summed E-state index contributed by atoms with van der Waals surface area (Å²) in [6.45, 7) is 0. The number of carboxylic acids is 1. The molecule has 3 amide bonds. The van der Waals surface area contributed by atoms with Crippen molar-refractivity contribution in [1.82, 2.24) is 4.98 Å². The maximum atomic E-state index is 12.4. The van der Waals surface area contributed by atoms with Crippen LogP contribution in [0.25, 0.3) is 11.1 Å². The van der Waals surface area contributed by atoms with E-state index in [1.165, 1.54) is 14.2 Å². The molecular weight excluding hydrogens is 428 g/mol. The van der Waals surface area contributed by atoms with Crippen molar-refractivity contribution in [3.63, 3.8) is 0 Å². The first kappa shape index (κ1) is 23.2. The first-order valence-electron chi connectivity index (χ1n) is 9.94. The zero-order valence-electron chi connectivity index (χ0n) is 18.1. The molecule has 33 heavy (non-hydrogen) atoms. The molecule has 3 rings (SSSR count). The molecule has 0 bridgehead atoms. The topological polar surface area (TPSA) is 156 Å². The Balaban J connectivity index is 1.74. The summed E-state index contributed by atoms with van der Waals surface area (Å²) in [5.41, 5.74) is 8.56. The molecule has 0 fully saturated rings. The monoisotopic (exact) mass is 452 g/mol. The minimum Gasteiger partial charge on any atom is -0.493 e. The summed E-state index contributed by atoms with van der Waals surface area (Å²) in [6.07, 6.45) is 1.74. The maximum Gasteiger partial charge on any atom is 0.323 e. The molecule has 0 saturated heterocycles. The van der Waals surface area contributed by atoms with Crippen molar-refractivity contribution < 1.29 is 29.0 Å². The third-order valence-corrected chi connectivity index (χ3v) is 4.89. The van der Waals surface area contributed by atoms with Crippen molar-refractivity contribution in [3.8, 4) is 22.6 Å². The largest absolute Gasteiger partial charge is 0.493 e. The molecule has 1 aromatic heterocycles. The van der Waals surface area contributed by atoms with E-state index in [2.05, 4.69) is 15.6 Å². The number of ether oxygens (including phenoxy) is 2. The van der Waals surface area contributed by atoms with E-state index in [1.54, 1.807) is 48.7 Å². The average molecular weight is 452 g/mol. The average Bonchev–Trinajstić information content (AvgIpc) is 3.22. The van der Waals surface area contributed by atoms with Crippen LogP contribution in [0.5, 0.6) is 11.5 Å². The number of hydrogen-bond donors (Lipinski definition) is 5. The van der Waals surface area contributed by atoms with Crippen molar-refractivity contribution in [3.05, 3.63) is 59.9 Å². The van der Waals surface area contributed by atoms with Gasteiger partial charge >= 0.3 is 12.0 Å². The zero-order chi connectivity index (χ0) is 24.0. The first-order chi connectivity index (χ1) is 15.8. The van der Waals surface area contributed by atoms with Gasteiger partial charge in [-0.1, -0.05) is 12.1 Å². The number of carboxylic acid groups (broad SMARTS) is 1. The Morgan fingerprint density at radius 2 is 1.61 bits per heavy atom. The van der Waals surface area contributed by atoms with Crippen molar-refractivity contribution in [2.24, 2.45) is 5.73 Å². The molecule has 0 unspecified atom stereocenters. The Labute approximate surface area is 189 Å². The molecular formula is C23H24N4O6. The lowest BCUT2D eigenvalue weighted by Crippen LogP contribution is -2.19. The third-order valence-electron chi connectivity index (χ3n) is 4.89. The van der Waals surface area contributed by atoms with Crippen LogP contribution in [0.15, 0.2) is 48.7 Å². The number of methoxy groups -OCH3 is 2. The summed E-state index contributed by atoms with van der Waals surface area (Å²) in [5.74, 6) is -0.567. The van der Waals surface area contributed by atoms with Gasteiger partial charge in [0, 0.05) is 35.6 Å². The van der Waals surface area contributed by atoms with Crippen molar-refractivity contribution in [2.75, 3.05) is 24.9 Å². The van der Waals surface area contributed by atoms with Crippen LogP contribution >= 0.6 is 0 Å². The fourth-order valence-corrected chi connectivity index (χ4v) is 3.35. The molecule has 0 atom stereocenters. The second-order valence-electron chi connectivity index (χ2n) is 7.05. The minimum atomic E-state index is -0.942. The van der Waals surface area contributed by atoms with E-state index in [9.17, 15) is 14.4 Å². The molecule has 0 radical (unpaired) electrons. The van der Waals surface area contributed by atoms with E-state index in [-0.39, 0.29) is 18.5 Å². The highest BCUT2D eigenvalue weighted by atomic mass is 16.5. The number of benzene rings is 2. The number of aliphatic carboxylic acids is 1. The highest BCUT2D eigenvalue weighted by molar-refractivity contribution is 6.01. The Hall–Kier alpha value is -4.47. The highest BCUT2D eigenvalue weighted by Crippen LogP contribution is 2.31. The number of H-pyrrole nitrogens is 1. The molecule has 0 aliphatic carbocycles. The molecule has 3 aromatic rings. The number of primary amides is 1. The van der Waals surface area contributed by atoms with E-state index >= 15 is 0 Å². The summed E-state index contributed by atoms with van der Waals surface area (Å²) in [7, 11) is 3.03. The second-order valence-corrected chi connectivity index (χ2v) is 7.05. The number of aromatic amines is 1. The Bertz CT molecular complexity index is 1170. The van der Waals surface area contributed by atoms with E-state index in [0.29, 0.717) is 39.6 Å². The first-order valence-corrected chi connectivity index (χ1v) is 9.94. The van der Waals surface area contributed by atoms with Gasteiger partial charge in [-0.2, -0.15) is 0 Å². The normalized spacial score (nSPS) is 10.4. The van der Waals surface area contributed by atoms with Crippen LogP contribution in [0.3, 0.4) is 0 Å². The molecule has 0 saturated carbocycles. The molecule has 0 aliphatic rings. The predicted octanol–water partition coefficient (Wildman–Crippen LogP) is 3.46. The van der Waals surface area contributed by atoms with Crippen LogP contribution in [0.4, 0.5) is 16.2 Å². The molecule has 10 heteroatoms. The van der Waals surface area contributed by atoms with Gasteiger partial charge in [-0.25, -0.2) is 4.79 Å². The molecule has 0 spiro atoms. The second kappa shape index (κ2) is 10.2. The summed E-state index contributed by atoms with van der Waals surface area (Å²) >= 11 is 0. The van der Waals surface area contributed by atoms with Crippen LogP contribution in [0, 0.1) is 0 Å². The number of aryl methyl sites for hydroxylation is 1. The highest BCUT2D eigenvalue weighted by Gasteiger charge is 2.18. The van der Waals surface area contributed by atoms with E-state index in [1.807, 2.05) is 0 Å². The van der Waals surface area contributed by atoms with Gasteiger partial charge in [-0.15, -0.1) is 0 Å². The SMILES string of the molecule is COc1ccc(NC(=O)Nc2ccc(-c3c(CCC(=O)O)c[nH]c3C(N)=O)cc2)cc1OC. The smallest absolute Gasteiger partial charge is 0.323 e. The van der Waals surface area contributed by atoms with E-state index in [0.717, 1.165) is 0 Å². The van der Waals surface area contributed by atoms with Crippen molar-refractivity contribution in [2.45, 2.75) is 12.8 Å². The summed E-state index contributed by atoms with van der Waals surface area (Å²) < 4.78 is 10.4. The number of nitrogens with two attached hydrogens (primary N) is 1. The Morgan fingerprint density at radius 1 is 0.970 bits per heavy atom. The van der Waals surface area contributed by atoms with Crippen LogP contribution in [0.2, 0.25) is 0 Å². The van der Waals surface area contributed by atoms with Gasteiger partial charge in [0.25, 0.3) is 5.91 Å². The van der Waals surface area contributed by atoms with Gasteiger partial charge < -0.3 is 35.9 Å². The van der Waals surface area contributed by atoms with Gasteiger partial charge in [-0.05, 0) is 41.8 Å². The van der Waals surface area contributed by atoms with Crippen LogP contribution in [0.1, 0.15) is 22.5 Å². The summed E-state index contributed by atoms with van der Waals surface area (Å²) in [4.78, 5) is 38.0. The summed E-state index contributed by atoms with van der Waals surface area (Å²) in [5, 5.41) is 14.4. The predicted molar refractivity (Wildman–Crippen MR) is 123 cm³/mol. The van der Waals surface area contributed by atoms with Crippen LogP contribution in [-0.4, -0.2) is 42.2 Å². The number of nitrogens with one attached hydrogen (secondary N) is 3. The Kier molecular flexibility index (Phi) is 7.19. The molecule has 2 aromatic carbocycles. The standard InChI is InChI=1S/C23H24N4O6/c1-32-17-9-8-16(11-18(17)33-2)27-23(31)26-15-6-3-13(4-7-15)20-14(5-10-19(28)29)12-25-21(20)22(24)30/h3-4,6-9,11-12,25H,5,10H2,1-2H3,(H2,24,30)(H,28,29)(H2,26,27,31). The van der Waals surface area contributed by atoms with Gasteiger partial charge in [0.2, 0.25) is 0 Å². The number of hydrogen-bond acceptors (Lipinski definition) is 5. The lowest BCUT2D eigenvalue weighted by molar-refractivity contribution is -0.136. The molecule has 1 heterocycles. The number of carbonyl (C=O) groups excluding carboxylic acids is 2.